The van der Waals surface area contributed by atoms with Crippen LogP contribution in [0.4, 0.5) is 15.5 Å². The van der Waals surface area contributed by atoms with Gasteiger partial charge in [0.1, 0.15) is 0 Å². The van der Waals surface area contributed by atoms with Crippen molar-refractivity contribution >= 4 is 23.1 Å². The molecule has 0 saturated heterocycles. The van der Waals surface area contributed by atoms with E-state index in [1.54, 1.807) is 0 Å². The van der Waals surface area contributed by atoms with Crippen LogP contribution in [-0.2, 0) is 0 Å². The normalized spacial score (nSPS) is 18.1. The van der Waals surface area contributed by atoms with Crippen molar-refractivity contribution in [2.45, 2.75) is 4.90 Å². The Balaban J connectivity index is 3.36. The minimum Gasteiger partial charge on any atom is -0.111 e. The summed E-state index contributed by atoms with van der Waals surface area (Å²) in [4.78, 5) is -1.27. The van der Waals surface area contributed by atoms with Crippen molar-refractivity contribution in [3.8, 4) is 0 Å². The predicted octanol–water partition coefficient (Wildman–Crippen LogP) is 4.77. The Kier molecular flexibility index (Phi) is 1.63. The Hall–Kier alpha value is -0.230. The Morgan fingerprint density at radius 1 is 0.917 bits per heavy atom. The second kappa shape index (κ2) is 1.98. The molecule has 0 nitrogen and oxygen atoms in total. The van der Waals surface area contributed by atoms with Gasteiger partial charge < -0.3 is 0 Å². The molecule has 1 rings (SSSR count). The zero-order chi connectivity index (χ0) is 9.52. The average molecular weight is 265 g/mol. The molecule has 0 spiro atoms. The van der Waals surface area contributed by atoms with Gasteiger partial charge in [0.2, 0.25) is 8.27 Å². The highest BCUT2D eigenvalue weighted by molar-refractivity contribution is 9.63. The van der Waals surface area contributed by atoms with E-state index in [9.17, 15) is 15.5 Å². The molecule has 0 radical (unpaired) electrons. The van der Waals surface area contributed by atoms with E-state index in [-0.39, 0.29) is 0 Å². The zero-order valence-electron chi connectivity index (χ0n) is 5.68. The standard InChI is InChI=1S/C6H5BrF4S/c7-12(8,9,10,11)6-4-2-1-3-5-6/h1-5H. The number of hydrogen-bond donors (Lipinski definition) is 0. The van der Waals surface area contributed by atoms with Gasteiger partial charge in [0.05, 0.1) is 19.7 Å². The van der Waals surface area contributed by atoms with Crippen LogP contribution in [0.5, 0.6) is 0 Å². The highest BCUT2D eigenvalue weighted by atomic mass is 79.9. The summed E-state index contributed by atoms with van der Waals surface area (Å²) in [5.41, 5.74) is 0. The van der Waals surface area contributed by atoms with Gasteiger partial charge in [0.15, 0.2) is 0 Å². The smallest absolute Gasteiger partial charge is 0.111 e. The first kappa shape index (κ1) is 9.85. The van der Waals surface area contributed by atoms with Crippen molar-refractivity contribution in [1.82, 2.24) is 0 Å². The molecule has 70 valence electrons. The lowest BCUT2D eigenvalue weighted by Gasteiger charge is -2.43. The molecule has 0 unspecified atom stereocenters. The van der Waals surface area contributed by atoms with Crippen LogP contribution in [0.25, 0.3) is 0 Å². The summed E-state index contributed by atoms with van der Waals surface area (Å²) in [6.07, 6.45) is 0. The summed E-state index contributed by atoms with van der Waals surface area (Å²) in [5.74, 6) is 0. The van der Waals surface area contributed by atoms with Gasteiger partial charge in [0.25, 0.3) is 0 Å². The largest absolute Gasteiger partial charge is 0.234 e. The van der Waals surface area contributed by atoms with Crippen LogP contribution in [0.1, 0.15) is 0 Å². The Morgan fingerprint density at radius 2 is 1.33 bits per heavy atom. The molecule has 0 N–H and O–H groups in total. The van der Waals surface area contributed by atoms with Crippen molar-refractivity contribution in [2.24, 2.45) is 0 Å². The lowest BCUT2D eigenvalue weighted by Crippen LogP contribution is -2.02. The Bertz CT molecular complexity index is 289. The fraction of sp³-hybridized carbons (Fsp3) is 0. The van der Waals surface area contributed by atoms with E-state index >= 15 is 0 Å². The quantitative estimate of drug-likeness (QED) is 0.641. The van der Waals surface area contributed by atoms with E-state index in [4.69, 9.17) is 0 Å². The molecule has 0 bridgehead atoms. The molecule has 0 atom stereocenters. The maximum Gasteiger partial charge on any atom is 0.234 e. The molecule has 0 aliphatic carbocycles. The average Bonchev–Trinajstić information content (AvgIpc) is 1.85. The topological polar surface area (TPSA) is 0 Å². The van der Waals surface area contributed by atoms with E-state index in [0.717, 1.165) is 12.1 Å². The molecule has 6 heteroatoms. The van der Waals surface area contributed by atoms with Crippen molar-refractivity contribution in [3.05, 3.63) is 30.3 Å². The number of hydrogen-bond acceptors (Lipinski definition) is 0. The van der Waals surface area contributed by atoms with Crippen LogP contribution in [0.15, 0.2) is 35.2 Å². The fourth-order valence-electron chi connectivity index (χ4n) is 0.678. The van der Waals surface area contributed by atoms with Crippen LogP contribution in [-0.4, -0.2) is 0 Å². The molecule has 0 aliphatic rings. The first-order chi connectivity index (χ1) is 5.09. The number of rotatable bonds is 1. The summed E-state index contributed by atoms with van der Waals surface area (Å²) in [6, 6.07) is 5.04. The third-order valence-electron chi connectivity index (χ3n) is 1.19. The lowest BCUT2D eigenvalue weighted by molar-refractivity contribution is 0.486. The van der Waals surface area contributed by atoms with Crippen LogP contribution in [0.3, 0.4) is 0 Å². The van der Waals surface area contributed by atoms with E-state index in [0.29, 0.717) is 12.1 Å². The second-order valence-corrected chi connectivity index (χ2v) is 8.60. The van der Waals surface area contributed by atoms with E-state index in [2.05, 4.69) is 0 Å². The van der Waals surface area contributed by atoms with E-state index in [1.165, 1.54) is 20.9 Å². The van der Waals surface area contributed by atoms with Gasteiger partial charge >= 0.3 is 0 Å². The van der Waals surface area contributed by atoms with Crippen molar-refractivity contribution in [1.29, 1.82) is 0 Å². The monoisotopic (exact) mass is 264 g/mol. The molecule has 0 saturated carbocycles. The minimum absolute atomic E-state index is 0.691. The Labute approximate surface area is 74.2 Å². The second-order valence-electron chi connectivity index (χ2n) is 2.28. The van der Waals surface area contributed by atoms with Gasteiger partial charge in [0, 0.05) is 0 Å². The molecule has 0 amide bonds. The molecular weight excluding hydrogens is 260 g/mol. The predicted molar refractivity (Wildman–Crippen MR) is 45.7 cm³/mol. The molecule has 1 aromatic carbocycles. The zero-order valence-corrected chi connectivity index (χ0v) is 8.09. The summed E-state index contributed by atoms with van der Waals surface area (Å²) in [7, 11) is -8.11. The summed E-state index contributed by atoms with van der Waals surface area (Å²) >= 11 is 1.25. The summed E-state index contributed by atoms with van der Waals surface area (Å²) < 4.78 is 50.1. The molecular formula is C6H5BrF4S. The lowest BCUT2D eigenvalue weighted by atomic mass is 10.4. The van der Waals surface area contributed by atoms with Gasteiger partial charge in [-0.1, -0.05) is 18.2 Å². The molecule has 1 aromatic rings. The maximum atomic E-state index is 12.5. The van der Waals surface area contributed by atoms with Gasteiger partial charge in [-0.15, -0.1) is 15.5 Å². The fourth-order valence-corrected chi connectivity index (χ4v) is 2.00. The van der Waals surface area contributed by atoms with Gasteiger partial charge in [-0.05, 0) is 12.1 Å². The van der Waals surface area contributed by atoms with Gasteiger partial charge in [-0.2, -0.15) is 0 Å². The molecule has 0 aromatic heterocycles. The van der Waals surface area contributed by atoms with E-state index in [1.807, 2.05) is 0 Å². The van der Waals surface area contributed by atoms with Crippen molar-refractivity contribution < 1.29 is 15.5 Å². The van der Waals surface area contributed by atoms with Crippen molar-refractivity contribution in [2.75, 3.05) is 0 Å². The Morgan fingerprint density at radius 3 is 1.58 bits per heavy atom. The van der Waals surface area contributed by atoms with Crippen LogP contribution in [0, 0.1) is 0 Å². The summed E-state index contributed by atoms with van der Waals surface area (Å²) in [5, 5.41) is 0. The van der Waals surface area contributed by atoms with Crippen molar-refractivity contribution in [3.63, 3.8) is 0 Å². The highest BCUT2D eigenvalue weighted by Crippen LogP contribution is 3.05. The molecule has 0 aliphatic heterocycles. The first-order valence-corrected chi connectivity index (χ1v) is 6.78. The molecule has 0 fully saturated rings. The molecule has 12 heavy (non-hydrogen) atoms. The number of benzene rings is 1. The van der Waals surface area contributed by atoms with Crippen LogP contribution in [0.2, 0.25) is 0 Å². The number of halogens is 5. The van der Waals surface area contributed by atoms with E-state index < -0.39 is 13.2 Å². The summed E-state index contributed by atoms with van der Waals surface area (Å²) in [6.45, 7) is 0. The van der Waals surface area contributed by atoms with Gasteiger partial charge in [-0.25, -0.2) is 0 Å². The third-order valence-corrected chi connectivity index (χ3v) is 3.47. The first-order valence-electron chi connectivity index (χ1n) is 2.89. The SMILES string of the molecule is FS(F)(F)(F)(Br)c1ccccc1. The highest BCUT2D eigenvalue weighted by Gasteiger charge is 2.61. The van der Waals surface area contributed by atoms with Crippen LogP contribution >= 0.6 is 23.1 Å². The minimum atomic E-state index is -8.11. The third kappa shape index (κ3) is 2.38. The molecule has 0 heterocycles. The van der Waals surface area contributed by atoms with Crippen LogP contribution < -0.4 is 0 Å². The van der Waals surface area contributed by atoms with Gasteiger partial charge in [-0.3, -0.25) is 0 Å². The maximum absolute atomic E-state index is 12.5.